The van der Waals surface area contributed by atoms with Crippen LogP contribution in [-0.4, -0.2) is 30.1 Å². The van der Waals surface area contributed by atoms with E-state index in [1.54, 1.807) is 0 Å². The molecule has 0 spiro atoms. The molecule has 0 saturated heterocycles. The molecular weight excluding hydrogens is 290 g/mol. The summed E-state index contributed by atoms with van der Waals surface area (Å²) in [6, 6.07) is 9.59. The van der Waals surface area contributed by atoms with Crippen LogP contribution in [-0.2, 0) is 17.8 Å². The lowest BCUT2D eigenvalue weighted by atomic mass is 10.0. The Bertz CT molecular complexity index is 649. The SMILES string of the molecule is CCCc1cc(CNC(=O)C(c2cccc(C)c2)N(C)C)on1. The highest BCUT2D eigenvalue weighted by Crippen LogP contribution is 2.19. The van der Waals surface area contributed by atoms with Gasteiger partial charge in [0.25, 0.3) is 0 Å². The highest BCUT2D eigenvalue weighted by molar-refractivity contribution is 5.83. The molecule has 1 amide bonds. The molecule has 1 heterocycles. The van der Waals surface area contributed by atoms with Crippen LogP contribution in [0.2, 0.25) is 0 Å². The van der Waals surface area contributed by atoms with Gasteiger partial charge in [0.15, 0.2) is 5.76 Å². The van der Waals surface area contributed by atoms with Gasteiger partial charge in [0, 0.05) is 6.07 Å². The number of benzene rings is 1. The average molecular weight is 315 g/mol. The molecule has 0 fully saturated rings. The Labute approximate surface area is 137 Å². The van der Waals surface area contributed by atoms with E-state index in [-0.39, 0.29) is 11.9 Å². The molecule has 1 aromatic heterocycles. The number of carbonyl (C=O) groups excluding carboxylic acids is 1. The molecule has 5 nitrogen and oxygen atoms in total. The van der Waals surface area contributed by atoms with Gasteiger partial charge in [0.05, 0.1) is 12.2 Å². The molecular formula is C18H25N3O2. The lowest BCUT2D eigenvalue weighted by Crippen LogP contribution is -2.36. The van der Waals surface area contributed by atoms with Crippen LogP contribution in [0.4, 0.5) is 0 Å². The zero-order valence-corrected chi connectivity index (χ0v) is 14.3. The van der Waals surface area contributed by atoms with Gasteiger partial charge in [0.2, 0.25) is 5.91 Å². The highest BCUT2D eigenvalue weighted by Gasteiger charge is 2.23. The molecule has 0 bridgehead atoms. The Morgan fingerprint density at radius 2 is 2.13 bits per heavy atom. The number of hydrogen-bond acceptors (Lipinski definition) is 4. The van der Waals surface area contributed by atoms with Crippen LogP contribution in [0, 0.1) is 6.92 Å². The van der Waals surface area contributed by atoms with Gasteiger partial charge in [-0.15, -0.1) is 0 Å². The lowest BCUT2D eigenvalue weighted by Gasteiger charge is -2.24. The Morgan fingerprint density at radius 3 is 2.78 bits per heavy atom. The average Bonchev–Trinajstić information content (AvgIpc) is 2.93. The fraction of sp³-hybridized carbons (Fsp3) is 0.444. The number of aromatic nitrogens is 1. The quantitative estimate of drug-likeness (QED) is 0.853. The van der Waals surface area contributed by atoms with E-state index in [4.69, 9.17) is 4.52 Å². The van der Waals surface area contributed by atoms with Crippen molar-refractivity contribution >= 4 is 5.91 Å². The molecule has 5 heteroatoms. The number of hydrogen-bond donors (Lipinski definition) is 1. The minimum Gasteiger partial charge on any atom is -0.359 e. The minimum absolute atomic E-state index is 0.0472. The molecule has 2 rings (SSSR count). The van der Waals surface area contributed by atoms with Gasteiger partial charge in [-0.05, 0) is 33.0 Å². The van der Waals surface area contributed by atoms with Crippen molar-refractivity contribution in [2.75, 3.05) is 14.1 Å². The van der Waals surface area contributed by atoms with Crippen molar-refractivity contribution in [2.24, 2.45) is 0 Å². The maximum absolute atomic E-state index is 12.6. The summed E-state index contributed by atoms with van der Waals surface area (Å²) in [7, 11) is 3.81. The van der Waals surface area contributed by atoms with E-state index in [9.17, 15) is 4.79 Å². The second-order valence-electron chi connectivity index (χ2n) is 6.03. The van der Waals surface area contributed by atoms with Crippen LogP contribution in [0.15, 0.2) is 34.9 Å². The molecule has 1 aromatic carbocycles. The van der Waals surface area contributed by atoms with Gasteiger partial charge < -0.3 is 9.84 Å². The van der Waals surface area contributed by atoms with Crippen LogP contribution in [0.3, 0.4) is 0 Å². The van der Waals surface area contributed by atoms with Crippen molar-refractivity contribution in [3.63, 3.8) is 0 Å². The molecule has 0 aliphatic rings. The van der Waals surface area contributed by atoms with E-state index in [0.29, 0.717) is 12.3 Å². The second kappa shape index (κ2) is 7.92. The van der Waals surface area contributed by atoms with Crippen molar-refractivity contribution < 1.29 is 9.32 Å². The third-order valence-electron chi connectivity index (χ3n) is 3.67. The third-order valence-corrected chi connectivity index (χ3v) is 3.67. The largest absolute Gasteiger partial charge is 0.359 e. The Balaban J connectivity index is 2.03. The topological polar surface area (TPSA) is 58.4 Å². The molecule has 2 aromatic rings. The summed E-state index contributed by atoms with van der Waals surface area (Å²) in [5.74, 6) is 0.637. The first-order chi connectivity index (χ1) is 11.0. The normalized spacial score (nSPS) is 12.4. The third kappa shape index (κ3) is 4.66. The van der Waals surface area contributed by atoms with E-state index in [0.717, 1.165) is 29.7 Å². The second-order valence-corrected chi connectivity index (χ2v) is 6.03. The van der Waals surface area contributed by atoms with E-state index < -0.39 is 0 Å². The van der Waals surface area contributed by atoms with Gasteiger partial charge in [-0.25, -0.2) is 0 Å². The minimum atomic E-state index is -0.326. The van der Waals surface area contributed by atoms with E-state index in [1.807, 2.05) is 56.3 Å². The van der Waals surface area contributed by atoms with Crippen LogP contribution in [0.1, 0.15) is 42.0 Å². The molecule has 0 aliphatic heterocycles. The van der Waals surface area contributed by atoms with Crippen molar-refractivity contribution in [1.82, 2.24) is 15.4 Å². The molecule has 0 radical (unpaired) electrons. The lowest BCUT2D eigenvalue weighted by molar-refractivity contribution is -0.126. The smallest absolute Gasteiger partial charge is 0.242 e. The molecule has 124 valence electrons. The van der Waals surface area contributed by atoms with Gasteiger partial charge >= 0.3 is 0 Å². The van der Waals surface area contributed by atoms with Crippen LogP contribution < -0.4 is 5.32 Å². The molecule has 1 atom stereocenters. The van der Waals surface area contributed by atoms with Crippen molar-refractivity contribution in [2.45, 2.75) is 39.3 Å². The zero-order valence-electron chi connectivity index (χ0n) is 14.3. The first-order valence-electron chi connectivity index (χ1n) is 7.96. The predicted molar refractivity (Wildman–Crippen MR) is 90.0 cm³/mol. The van der Waals surface area contributed by atoms with E-state index in [1.165, 1.54) is 0 Å². The summed E-state index contributed by atoms with van der Waals surface area (Å²) >= 11 is 0. The van der Waals surface area contributed by atoms with E-state index >= 15 is 0 Å². The summed E-state index contributed by atoms with van der Waals surface area (Å²) in [6.45, 7) is 4.48. The Morgan fingerprint density at radius 1 is 1.35 bits per heavy atom. The monoisotopic (exact) mass is 315 g/mol. The van der Waals surface area contributed by atoms with Crippen LogP contribution in [0.5, 0.6) is 0 Å². The zero-order chi connectivity index (χ0) is 16.8. The summed E-state index contributed by atoms with van der Waals surface area (Å²) in [5.41, 5.74) is 3.05. The van der Waals surface area contributed by atoms with Gasteiger partial charge in [-0.1, -0.05) is 48.3 Å². The van der Waals surface area contributed by atoms with Crippen molar-refractivity contribution in [3.05, 3.63) is 52.9 Å². The number of amides is 1. The van der Waals surface area contributed by atoms with Gasteiger partial charge in [-0.3, -0.25) is 9.69 Å². The number of carbonyl (C=O) groups is 1. The molecule has 1 unspecified atom stereocenters. The van der Waals surface area contributed by atoms with Crippen molar-refractivity contribution in [1.29, 1.82) is 0 Å². The van der Waals surface area contributed by atoms with E-state index in [2.05, 4.69) is 17.4 Å². The number of likely N-dealkylation sites (N-methyl/N-ethyl adjacent to an activating group) is 1. The van der Waals surface area contributed by atoms with Crippen LogP contribution in [0.25, 0.3) is 0 Å². The Hall–Kier alpha value is -2.14. The number of aryl methyl sites for hydroxylation is 2. The first-order valence-corrected chi connectivity index (χ1v) is 7.96. The van der Waals surface area contributed by atoms with Gasteiger partial charge in [-0.2, -0.15) is 0 Å². The van der Waals surface area contributed by atoms with Crippen LogP contribution >= 0.6 is 0 Å². The molecule has 0 saturated carbocycles. The summed E-state index contributed by atoms with van der Waals surface area (Å²) < 4.78 is 5.25. The Kier molecular flexibility index (Phi) is 5.93. The summed E-state index contributed by atoms with van der Waals surface area (Å²) in [6.07, 6.45) is 1.91. The number of nitrogens with one attached hydrogen (secondary N) is 1. The fourth-order valence-electron chi connectivity index (χ4n) is 2.61. The predicted octanol–water partition coefficient (Wildman–Crippen LogP) is 2.85. The standard InChI is InChI=1S/C18H25N3O2/c1-5-7-15-11-16(23-20-15)12-19-18(22)17(21(3)4)14-9-6-8-13(2)10-14/h6,8-11,17H,5,7,12H2,1-4H3,(H,19,22). The maximum Gasteiger partial charge on any atom is 0.242 e. The van der Waals surface area contributed by atoms with Gasteiger partial charge in [0.1, 0.15) is 6.04 Å². The summed E-state index contributed by atoms with van der Waals surface area (Å²) in [4.78, 5) is 14.5. The fourth-order valence-corrected chi connectivity index (χ4v) is 2.61. The molecule has 0 aliphatic carbocycles. The van der Waals surface area contributed by atoms with Crippen molar-refractivity contribution in [3.8, 4) is 0 Å². The summed E-state index contributed by atoms with van der Waals surface area (Å²) in [5, 5.41) is 6.94. The molecule has 23 heavy (non-hydrogen) atoms. The number of rotatable bonds is 7. The first kappa shape index (κ1) is 17.2. The molecule has 1 N–H and O–H groups in total. The highest BCUT2D eigenvalue weighted by atomic mass is 16.5. The number of nitrogens with zero attached hydrogens (tertiary/aromatic N) is 2. The maximum atomic E-state index is 12.6.